The fourth-order valence-corrected chi connectivity index (χ4v) is 1.03. The van der Waals surface area contributed by atoms with E-state index >= 15 is 0 Å². The lowest BCUT2D eigenvalue weighted by Crippen LogP contribution is -2.26. The molecule has 0 aliphatic heterocycles. The molecule has 0 aliphatic carbocycles. The van der Waals surface area contributed by atoms with Crippen molar-refractivity contribution in [3.05, 3.63) is 12.7 Å². The van der Waals surface area contributed by atoms with E-state index < -0.39 is 0 Å². The van der Waals surface area contributed by atoms with Gasteiger partial charge in [-0.15, -0.1) is 6.58 Å². The first-order valence-corrected chi connectivity index (χ1v) is 5.35. The van der Waals surface area contributed by atoms with Crippen LogP contribution in [0.1, 0.15) is 32.6 Å². The maximum atomic E-state index is 11.0. The minimum Gasteiger partial charge on any atom is -0.356 e. The first-order valence-electron chi connectivity index (χ1n) is 5.35. The zero-order valence-electron chi connectivity index (χ0n) is 9.34. The summed E-state index contributed by atoms with van der Waals surface area (Å²) >= 11 is 0. The molecular weight excluding hydrogens is 192 g/mol. The predicted octanol–water partition coefficient (Wildman–Crippen LogP) is 0.985. The highest BCUT2D eigenvalue weighted by Crippen LogP contribution is 1.87. The van der Waals surface area contributed by atoms with Gasteiger partial charge in [-0.25, -0.2) is 0 Å². The van der Waals surface area contributed by atoms with E-state index in [4.69, 9.17) is 0 Å². The molecule has 15 heavy (non-hydrogen) atoms. The van der Waals surface area contributed by atoms with E-state index in [1.165, 1.54) is 0 Å². The molecule has 0 aromatic rings. The standard InChI is InChI=1S/C11H20N2O2/c1-3-7-11(15)13-9-6-5-8-12-10(14)4-2/h3H,1,4-9H2,2H3,(H,12,14)(H,13,15). The number of carbonyl (C=O) groups is 2. The Morgan fingerprint density at radius 3 is 2.13 bits per heavy atom. The second kappa shape index (κ2) is 9.24. The maximum absolute atomic E-state index is 11.0. The Kier molecular flexibility index (Phi) is 8.43. The van der Waals surface area contributed by atoms with Gasteiger partial charge in [0.15, 0.2) is 0 Å². The first kappa shape index (κ1) is 13.7. The number of nitrogens with one attached hydrogen (secondary N) is 2. The van der Waals surface area contributed by atoms with Crippen molar-refractivity contribution in [2.24, 2.45) is 0 Å². The van der Waals surface area contributed by atoms with Crippen LogP contribution in [0, 0.1) is 0 Å². The quantitative estimate of drug-likeness (QED) is 0.465. The van der Waals surface area contributed by atoms with Crippen LogP contribution in [0.5, 0.6) is 0 Å². The summed E-state index contributed by atoms with van der Waals surface area (Å²) in [5, 5.41) is 5.54. The third-order valence-electron chi connectivity index (χ3n) is 1.90. The van der Waals surface area contributed by atoms with Crippen molar-refractivity contribution in [3.63, 3.8) is 0 Å². The van der Waals surface area contributed by atoms with Crippen molar-refractivity contribution in [2.45, 2.75) is 32.6 Å². The Labute approximate surface area is 91.1 Å². The molecule has 0 spiro atoms. The fourth-order valence-electron chi connectivity index (χ4n) is 1.03. The summed E-state index contributed by atoms with van der Waals surface area (Å²) in [5.74, 6) is 0.0771. The zero-order chi connectivity index (χ0) is 11.5. The van der Waals surface area contributed by atoms with E-state index in [1.807, 2.05) is 6.92 Å². The summed E-state index contributed by atoms with van der Waals surface area (Å²) < 4.78 is 0. The van der Waals surface area contributed by atoms with Crippen LogP contribution < -0.4 is 10.6 Å². The number of unbranched alkanes of at least 4 members (excludes halogenated alkanes) is 1. The highest BCUT2D eigenvalue weighted by Gasteiger charge is 1.97. The molecule has 0 unspecified atom stereocenters. The van der Waals surface area contributed by atoms with Gasteiger partial charge in [-0.05, 0) is 12.8 Å². The monoisotopic (exact) mass is 212 g/mol. The van der Waals surface area contributed by atoms with Crippen LogP contribution >= 0.6 is 0 Å². The van der Waals surface area contributed by atoms with Crippen LogP contribution in [-0.2, 0) is 9.59 Å². The molecule has 0 saturated carbocycles. The highest BCUT2D eigenvalue weighted by molar-refractivity contribution is 5.77. The Bertz CT molecular complexity index is 215. The molecule has 0 aliphatic rings. The molecule has 0 rings (SSSR count). The van der Waals surface area contributed by atoms with E-state index in [0.717, 1.165) is 12.8 Å². The summed E-state index contributed by atoms with van der Waals surface area (Å²) in [7, 11) is 0. The zero-order valence-corrected chi connectivity index (χ0v) is 9.34. The van der Waals surface area contributed by atoms with Gasteiger partial charge in [-0.3, -0.25) is 9.59 Å². The molecule has 4 nitrogen and oxygen atoms in total. The van der Waals surface area contributed by atoms with E-state index in [-0.39, 0.29) is 11.8 Å². The molecule has 2 amide bonds. The van der Waals surface area contributed by atoms with E-state index in [9.17, 15) is 9.59 Å². The minimum absolute atomic E-state index is 0.00240. The lowest BCUT2D eigenvalue weighted by molar-refractivity contribution is -0.121. The molecule has 0 radical (unpaired) electrons. The Hall–Kier alpha value is -1.32. The molecule has 0 atom stereocenters. The van der Waals surface area contributed by atoms with Crippen LogP contribution in [0.25, 0.3) is 0 Å². The normalized spacial score (nSPS) is 9.40. The molecule has 0 bridgehead atoms. The molecule has 0 fully saturated rings. The van der Waals surface area contributed by atoms with E-state index in [1.54, 1.807) is 6.08 Å². The largest absolute Gasteiger partial charge is 0.356 e. The number of carbonyl (C=O) groups excluding carboxylic acids is 2. The predicted molar refractivity (Wildman–Crippen MR) is 60.4 cm³/mol. The molecule has 0 saturated heterocycles. The third kappa shape index (κ3) is 9.00. The topological polar surface area (TPSA) is 58.2 Å². The van der Waals surface area contributed by atoms with Crippen molar-refractivity contribution in [1.29, 1.82) is 0 Å². The summed E-state index contributed by atoms with van der Waals surface area (Å²) in [6.07, 6.45) is 4.24. The highest BCUT2D eigenvalue weighted by atomic mass is 16.2. The van der Waals surface area contributed by atoms with Crippen LogP contribution in [-0.4, -0.2) is 24.9 Å². The molecule has 2 N–H and O–H groups in total. The molecule has 4 heteroatoms. The van der Waals surface area contributed by atoms with Gasteiger partial charge in [0.1, 0.15) is 0 Å². The maximum Gasteiger partial charge on any atom is 0.223 e. The molecular formula is C11H20N2O2. The van der Waals surface area contributed by atoms with Gasteiger partial charge in [-0.2, -0.15) is 0 Å². The Morgan fingerprint density at radius 1 is 1.13 bits per heavy atom. The minimum atomic E-state index is 0.00240. The average molecular weight is 212 g/mol. The van der Waals surface area contributed by atoms with Crippen molar-refractivity contribution in [2.75, 3.05) is 13.1 Å². The molecule has 86 valence electrons. The second-order valence-electron chi connectivity index (χ2n) is 3.25. The second-order valence-corrected chi connectivity index (χ2v) is 3.25. The van der Waals surface area contributed by atoms with Gasteiger partial charge >= 0.3 is 0 Å². The fraction of sp³-hybridized carbons (Fsp3) is 0.636. The summed E-state index contributed by atoms with van der Waals surface area (Å²) in [6, 6.07) is 0. The van der Waals surface area contributed by atoms with Crippen LogP contribution in [0.3, 0.4) is 0 Å². The van der Waals surface area contributed by atoms with Gasteiger partial charge in [-0.1, -0.05) is 13.0 Å². The van der Waals surface area contributed by atoms with Crippen LogP contribution in [0.2, 0.25) is 0 Å². The van der Waals surface area contributed by atoms with E-state index in [2.05, 4.69) is 17.2 Å². The SMILES string of the molecule is C=CCC(=O)NCCCCNC(=O)CC. The van der Waals surface area contributed by atoms with Gasteiger partial charge in [0, 0.05) is 25.9 Å². The van der Waals surface area contributed by atoms with Crippen LogP contribution in [0.4, 0.5) is 0 Å². The van der Waals surface area contributed by atoms with Gasteiger partial charge in [0.2, 0.25) is 11.8 Å². The van der Waals surface area contributed by atoms with Crippen molar-refractivity contribution < 1.29 is 9.59 Å². The summed E-state index contributed by atoms with van der Waals surface area (Å²) in [5.41, 5.74) is 0. The van der Waals surface area contributed by atoms with Crippen LogP contribution in [0.15, 0.2) is 12.7 Å². The molecule has 0 aromatic carbocycles. The molecule has 0 aromatic heterocycles. The summed E-state index contributed by atoms with van der Waals surface area (Å²) in [6.45, 7) is 6.65. The number of hydrogen-bond acceptors (Lipinski definition) is 2. The van der Waals surface area contributed by atoms with Crippen molar-refractivity contribution in [3.8, 4) is 0 Å². The number of rotatable bonds is 8. The smallest absolute Gasteiger partial charge is 0.223 e. The first-order chi connectivity index (χ1) is 7.20. The van der Waals surface area contributed by atoms with Gasteiger partial charge in [0.25, 0.3) is 0 Å². The lowest BCUT2D eigenvalue weighted by atomic mass is 10.3. The van der Waals surface area contributed by atoms with Crippen molar-refractivity contribution >= 4 is 11.8 Å². The lowest BCUT2D eigenvalue weighted by Gasteiger charge is -2.04. The Morgan fingerprint density at radius 2 is 1.67 bits per heavy atom. The summed E-state index contributed by atoms with van der Waals surface area (Å²) in [4.78, 5) is 21.8. The van der Waals surface area contributed by atoms with Gasteiger partial charge in [0.05, 0.1) is 0 Å². The third-order valence-corrected chi connectivity index (χ3v) is 1.90. The number of hydrogen-bond donors (Lipinski definition) is 2. The number of amides is 2. The van der Waals surface area contributed by atoms with Gasteiger partial charge < -0.3 is 10.6 Å². The Balaban J connectivity index is 3.21. The average Bonchev–Trinajstić information content (AvgIpc) is 2.23. The molecule has 0 heterocycles. The van der Waals surface area contributed by atoms with Crippen molar-refractivity contribution in [1.82, 2.24) is 10.6 Å². The van der Waals surface area contributed by atoms with E-state index in [0.29, 0.717) is 25.9 Å².